The fraction of sp³-hybridized carbons (Fsp3) is 0.714. The second-order valence-corrected chi connectivity index (χ2v) is 5.62. The van der Waals surface area contributed by atoms with Gasteiger partial charge in [0.25, 0.3) is 0 Å². The lowest BCUT2D eigenvalue weighted by Crippen LogP contribution is -2.52. The van der Waals surface area contributed by atoms with Crippen LogP contribution in [0.25, 0.3) is 0 Å². The molecule has 0 unspecified atom stereocenters. The van der Waals surface area contributed by atoms with E-state index in [-0.39, 0.29) is 0 Å². The van der Waals surface area contributed by atoms with E-state index in [1.54, 1.807) is 0 Å². The summed E-state index contributed by atoms with van der Waals surface area (Å²) < 4.78 is 0. The van der Waals surface area contributed by atoms with Crippen LogP contribution in [0.1, 0.15) is 30.7 Å². The molecule has 0 saturated carbocycles. The Morgan fingerprint density at radius 1 is 1.33 bits per heavy atom. The summed E-state index contributed by atoms with van der Waals surface area (Å²) in [5, 5.41) is 3.66. The second-order valence-electron chi connectivity index (χ2n) is 5.62. The SMILES string of the molecule is Cc1cnc(C)c(N2CC[C@@H]3NCCC[C@@H]3C2)n1. The first-order valence-electron chi connectivity index (χ1n) is 7.02. The highest BCUT2D eigenvalue weighted by molar-refractivity contribution is 5.44. The first-order valence-corrected chi connectivity index (χ1v) is 7.02. The Kier molecular flexibility index (Phi) is 3.20. The van der Waals surface area contributed by atoms with E-state index in [1.165, 1.54) is 25.8 Å². The summed E-state index contributed by atoms with van der Waals surface area (Å²) in [7, 11) is 0. The molecule has 1 aromatic heterocycles. The number of aromatic nitrogens is 2. The van der Waals surface area contributed by atoms with Crippen molar-refractivity contribution in [2.24, 2.45) is 5.92 Å². The number of nitrogens with zero attached hydrogens (tertiary/aromatic N) is 3. The molecule has 2 aliphatic rings. The summed E-state index contributed by atoms with van der Waals surface area (Å²) in [5.74, 6) is 1.88. The quantitative estimate of drug-likeness (QED) is 0.818. The fourth-order valence-corrected chi connectivity index (χ4v) is 3.26. The zero-order valence-corrected chi connectivity index (χ0v) is 11.3. The fourth-order valence-electron chi connectivity index (χ4n) is 3.26. The van der Waals surface area contributed by atoms with Gasteiger partial charge in [-0.15, -0.1) is 0 Å². The molecule has 1 N–H and O–H groups in total. The van der Waals surface area contributed by atoms with E-state index in [2.05, 4.69) is 27.1 Å². The van der Waals surface area contributed by atoms with Crippen LogP contribution in [-0.2, 0) is 0 Å². The van der Waals surface area contributed by atoms with Gasteiger partial charge in [0.05, 0.1) is 11.4 Å². The van der Waals surface area contributed by atoms with Gasteiger partial charge in [0.2, 0.25) is 0 Å². The molecule has 18 heavy (non-hydrogen) atoms. The number of aryl methyl sites for hydroxylation is 2. The Balaban J connectivity index is 1.79. The van der Waals surface area contributed by atoms with E-state index >= 15 is 0 Å². The zero-order chi connectivity index (χ0) is 12.5. The van der Waals surface area contributed by atoms with Crippen molar-refractivity contribution in [2.75, 3.05) is 24.5 Å². The van der Waals surface area contributed by atoms with E-state index in [0.717, 1.165) is 42.3 Å². The van der Waals surface area contributed by atoms with E-state index in [0.29, 0.717) is 0 Å². The summed E-state index contributed by atoms with van der Waals surface area (Å²) >= 11 is 0. The second kappa shape index (κ2) is 4.84. The van der Waals surface area contributed by atoms with Crippen LogP contribution in [0.3, 0.4) is 0 Å². The predicted molar refractivity (Wildman–Crippen MR) is 72.9 cm³/mol. The molecule has 0 bridgehead atoms. The maximum atomic E-state index is 4.68. The monoisotopic (exact) mass is 246 g/mol. The maximum absolute atomic E-state index is 4.68. The summed E-state index contributed by atoms with van der Waals surface area (Å²) in [6.45, 7) is 7.52. The van der Waals surface area contributed by atoms with Gasteiger partial charge < -0.3 is 10.2 Å². The van der Waals surface area contributed by atoms with Gasteiger partial charge in [0, 0.05) is 25.3 Å². The number of nitrogens with one attached hydrogen (secondary N) is 1. The Labute approximate surface area is 109 Å². The molecule has 0 spiro atoms. The van der Waals surface area contributed by atoms with Gasteiger partial charge in [0.1, 0.15) is 5.82 Å². The standard InChI is InChI=1S/C14H22N4/c1-10-8-16-11(2)14(17-10)18-7-5-13-12(9-18)4-3-6-15-13/h8,12-13,15H,3-7,9H2,1-2H3/t12-,13+/m1/s1. The van der Waals surface area contributed by atoms with Crippen molar-refractivity contribution >= 4 is 5.82 Å². The number of fused-ring (bicyclic) bond motifs is 1. The topological polar surface area (TPSA) is 41.1 Å². The van der Waals surface area contributed by atoms with Crippen molar-refractivity contribution in [1.82, 2.24) is 15.3 Å². The normalized spacial score (nSPS) is 28.0. The van der Waals surface area contributed by atoms with Crippen molar-refractivity contribution in [3.05, 3.63) is 17.6 Å². The molecule has 98 valence electrons. The van der Waals surface area contributed by atoms with Crippen molar-refractivity contribution in [3.8, 4) is 0 Å². The highest BCUT2D eigenvalue weighted by atomic mass is 15.2. The van der Waals surface area contributed by atoms with E-state index in [4.69, 9.17) is 0 Å². The molecule has 2 saturated heterocycles. The molecule has 2 fully saturated rings. The number of anilines is 1. The maximum Gasteiger partial charge on any atom is 0.150 e. The molecule has 2 atom stereocenters. The molecule has 2 aliphatic heterocycles. The predicted octanol–water partition coefficient (Wildman–Crippen LogP) is 1.67. The van der Waals surface area contributed by atoms with Crippen LogP contribution >= 0.6 is 0 Å². The third-order valence-corrected chi connectivity index (χ3v) is 4.24. The molecule has 3 heterocycles. The molecule has 0 aliphatic carbocycles. The van der Waals surface area contributed by atoms with Gasteiger partial charge in [-0.2, -0.15) is 0 Å². The lowest BCUT2D eigenvalue weighted by atomic mass is 9.85. The van der Waals surface area contributed by atoms with Gasteiger partial charge >= 0.3 is 0 Å². The molecule has 0 aromatic carbocycles. The third-order valence-electron chi connectivity index (χ3n) is 4.24. The average Bonchev–Trinajstić information content (AvgIpc) is 2.41. The van der Waals surface area contributed by atoms with Crippen molar-refractivity contribution in [3.63, 3.8) is 0 Å². The Morgan fingerprint density at radius 3 is 3.11 bits per heavy atom. The van der Waals surface area contributed by atoms with Gasteiger partial charge in [-0.1, -0.05) is 0 Å². The highest BCUT2D eigenvalue weighted by Gasteiger charge is 2.31. The van der Waals surface area contributed by atoms with Crippen LogP contribution in [0.2, 0.25) is 0 Å². The smallest absolute Gasteiger partial charge is 0.150 e. The third kappa shape index (κ3) is 2.21. The molecular formula is C14H22N4. The molecule has 4 heteroatoms. The van der Waals surface area contributed by atoms with E-state index in [9.17, 15) is 0 Å². The minimum absolute atomic E-state index is 0.730. The number of hydrogen-bond acceptors (Lipinski definition) is 4. The minimum atomic E-state index is 0.730. The highest BCUT2D eigenvalue weighted by Crippen LogP contribution is 2.28. The Morgan fingerprint density at radius 2 is 2.22 bits per heavy atom. The Bertz CT molecular complexity index is 432. The van der Waals surface area contributed by atoms with Crippen LogP contribution in [0.4, 0.5) is 5.82 Å². The number of rotatable bonds is 1. The molecule has 0 amide bonds. The van der Waals surface area contributed by atoms with E-state index in [1.807, 2.05) is 13.1 Å². The van der Waals surface area contributed by atoms with Crippen molar-refractivity contribution < 1.29 is 0 Å². The zero-order valence-electron chi connectivity index (χ0n) is 11.3. The number of piperidine rings is 2. The van der Waals surface area contributed by atoms with Crippen LogP contribution in [0.15, 0.2) is 6.20 Å². The summed E-state index contributed by atoms with van der Waals surface area (Å²) in [4.78, 5) is 11.5. The van der Waals surface area contributed by atoms with Gasteiger partial charge in [-0.05, 0) is 45.6 Å². The van der Waals surface area contributed by atoms with Crippen LogP contribution in [0, 0.1) is 19.8 Å². The van der Waals surface area contributed by atoms with Gasteiger partial charge in [-0.25, -0.2) is 4.98 Å². The van der Waals surface area contributed by atoms with Crippen molar-refractivity contribution in [2.45, 2.75) is 39.2 Å². The van der Waals surface area contributed by atoms with Crippen LogP contribution < -0.4 is 10.2 Å². The molecule has 4 nitrogen and oxygen atoms in total. The minimum Gasteiger partial charge on any atom is -0.355 e. The van der Waals surface area contributed by atoms with E-state index < -0.39 is 0 Å². The van der Waals surface area contributed by atoms with Crippen LogP contribution in [-0.4, -0.2) is 35.6 Å². The first kappa shape index (κ1) is 11.9. The molecule has 0 radical (unpaired) electrons. The van der Waals surface area contributed by atoms with Crippen molar-refractivity contribution in [1.29, 1.82) is 0 Å². The average molecular weight is 246 g/mol. The number of hydrogen-bond donors (Lipinski definition) is 1. The molecule has 1 aromatic rings. The summed E-state index contributed by atoms with van der Waals surface area (Å²) in [6, 6.07) is 0.730. The summed E-state index contributed by atoms with van der Waals surface area (Å²) in [5.41, 5.74) is 2.07. The lowest BCUT2D eigenvalue weighted by molar-refractivity contribution is 0.243. The first-order chi connectivity index (χ1) is 8.74. The molecule has 3 rings (SSSR count). The molecular weight excluding hydrogens is 224 g/mol. The Hall–Kier alpha value is -1.16. The summed E-state index contributed by atoms with van der Waals surface area (Å²) in [6.07, 6.45) is 5.76. The van der Waals surface area contributed by atoms with Gasteiger partial charge in [-0.3, -0.25) is 4.98 Å². The largest absolute Gasteiger partial charge is 0.355 e. The van der Waals surface area contributed by atoms with Crippen LogP contribution in [0.5, 0.6) is 0 Å². The lowest BCUT2D eigenvalue weighted by Gasteiger charge is -2.42. The van der Waals surface area contributed by atoms with Gasteiger partial charge in [0.15, 0.2) is 0 Å².